The summed E-state index contributed by atoms with van der Waals surface area (Å²) in [5.41, 5.74) is 0. The fraction of sp³-hybridized carbons (Fsp3) is 0.538. The fourth-order valence-electron chi connectivity index (χ4n) is 2.64. The third-order valence-electron chi connectivity index (χ3n) is 3.67. The molecular weight excluding hydrogens is 367 g/mol. The molecule has 0 spiro atoms. The zero-order chi connectivity index (χ0) is 16.5. The van der Waals surface area contributed by atoms with Gasteiger partial charge in [-0.25, -0.2) is 21.2 Å². The second kappa shape index (κ2) is 7.43. The molecule has 1 saturated heterocycles. The van der Waals surface area contributed by atoms with Crippen molar-refractivity contribution in [3.05, 3.63) is 24.0 Å². The van der Waals surface area contributed by atoms with Crippen LogP contribution in [0.4, 0.5) is 4.39 Å². The Morgan fingerprint density at radius 1 is 1.30 bits per heavy atom. The number of halogens is 2. The Balaban J connectivity index is 0.00000264. The average Bonchev–Trinajstić information content (AvgIpc) is 2.86. The fourth-order valence-corrected chi connectivity index (χ4v) is 5.08. The highest BCUT2D eigenvalue weighted by molar-refractivity contribution is 7.90. The first kappa shape index (κ1) is 20.3. The first-order chi connectivity index (χ1) is 10.2. The Morgan fingerprint density at radius 3 is 2.48 bits per heavy atom. The van der Waals surface area contributed by atoms with Crippen molar-refractivity contribution in [2.75, 3.05) is 26.4 Å². The van der Waals surface area contributed by atoms with Crippen LogP contribution in [0.25, 0.3) is 0 Å². The van der Waals surface area contributed by atoms with Gasteiger partial charge in [-0.3, -0.25) is 0 Å². The molecular formula is C13H20ClFN2O4S2. The molecule has 1 atom stereocenters. The molecule has 1 N–H and O–H groups in total. The molecule has 0 aromatic heterocycles. The molecule has 0 saturated carbocycles. The van der Waals surface area contributed by atoms with Gasteiger partial charge < -0.3 is 5.32 Å². The molecule has 23 heavy (non-hydrogen) atoms. The van der Waals surface area contributed by atoms with Crippen LogP contribution in [-0.2, 0) is 19.9 Å². The van der Waals surface area contributed by atoms with Crippen LogP contribution in [0.2, 0.25) is 0 Å². The number of hydrogen-bond donors (Lipinski definition) is 1. The van der Waals surface area contributed by atoms with Gasteiger partial charge in [0.05, 0.1) is 4.90 Å². The topological polar surface area (TPSA) is 83.6 Å². The summed E-state index contributed by atoms with van der Waals surface area (Å²) < 4.78 is 63.3. The number of likely N-dealkylation sites (N-methyl/N-ethyl adjacent to an activating group) is 1. The summed E-state index contributed by atoms with van der Waals surface area (Å²) in [4.78, 5) is -0.722. The Kier molecular flexibility index (Phi) is 6.56. The number of sulfonamides is 1. The number of benzene rings is 1. The first-order valence-corrected chi connectivity index (χ1v) is 10.2. The molecule has 1 aromatic carbocycles. The van der Waals surface area contributed by atoms with Crippen molar-refractivity contribution in [2.24, 2.45) is 0 Å². The van der Waals surface area contributed by atoms with Crippen molar-refractivity contribution < 1.29 is 21.2 Å². The molecule has 6 nitrogen and oxygen atoms in total. The van der Waals surface area contributed by atoms with Gasteiger partial charge in [0.15, 0.2) is 9.84 Å². The van der Waals surface area contributed by atoms with Gasteiger partial charge in [-0.15, -0.1) is 12.4 Å². The van der Waals surface area contributed by atoms with E-state index in [0.717, 1.165) is 37.3 Å². The van der Waals surface area contributed by atoms with Gasteiger partial charge in [-0.1, -0.05) is 0 Å². The van der Waals surface area contributed by atoms with Crippen LogP contribution in [0.3, 0.4) is 0 Å². The predicted octanol–water partition coefficient (Wildman–Crippen LogP) is 1.02. The van der Waals surface area contributed by atoms with Crippen molar-refractivity contribution in [1.82, 2.24) is 9.62 Å². The number of rotatable bonds is 5. The van der Waals surface area contributed by atoms with Crippen molar-refractivity contribution in [3.63, 3.8) is 0 Å². The lowest BCUT2D eigenvalue weighted by Gasteiger charge is -2.24. The van der Waals surface area contributed by atoms with Crippen LogP contribution in [0.5, 0.6) is 0 Å². The zero-order valence-corrected chi connectivity index (χ0v) is 15.3. The Hall–Kier alpha value is -0.740. The maximum Gasteiger partial charge on any atom is 0.243 e. The highest BCUT2D eigenvalue weighted by Crippen LogP contribution is 2.27. The molecule has 0 aliphatic carbocycles. The van der Waals surface area contributed by atoms with Crippen molar-refractivity contribution in [1.29, 1.82) is 0 Å². The highest BCUT2D eigenvalue weighted by atomic mass is 35.5. The number of hydrogen-bond acceptors (Lipinski definition) is 5. The molecule has 0 bridgehead atoms. The standard InChI is InChI=1S/C13H19FN2O4S2.ClH/c1-15-9-10-4-3-7-16(10)22(19,20)11-5-6-13(12(14)8-11)21(2,17)18;/h5-6,8,10,15H,3-4,7,9H2,1-2H3;1H. The molecule has 0 amide bonds. The third kappa shape index (κ3) is 4.21. The van der Waals surface area contributed by atoms with Crippen LogP contribution in [0.15, 0.2) is 28.0 Å². The van der Waals surface area contributed by atoms with E-state index >= 15 is 0 Å². The smallest absolute Gasteiger partial charge is 0.243 e. The SMILES string of the molecule is CNCC1CCCN1S(=O)(=O)c1ccc(S(C)(=O)=O)c(F)c1.Cl. The first-order valence-electron chi connectivity index (χ1n) is 6.84. The average molecular weight is 387 g/mol. The van der Waals surface area contributed by atoms with Gasteiger partial charge in [-0.05, 0) is 38.1 Å². The van der Waals surface area contributed by atoms with Gasteiger partial charge in [0.25, 0.3) is 0 Å². The second-order valence-corrected chi connectivity index (χ2v) is 9.21. The van der Waals surface area contributed by atoms with E-state index in [4.69, 9.17) is 0 Å². The van der Waals surface area contributed by atoms with E-state index in [1.54, 1.807) is 7.05 Å². The predicted molar refractivity (Wildman–Crippen MR) is 87.6 cm³/mol. The molecule has 132 valence electrons. The quantitative estimate of drug-likeness (QED) is 0.816. The van der Waals surface area contributed by atoms with Crippen molar-refractivity contribution >= 4 is 32.3 Å². The largest absolute Gasteiger partial charge is 0.318 e. The van der Waals surface area contributed by atoms with Gasteiger partial charge in [0, 0.05) is 25.4 Å². The van der Waals surface area contributed by atoms with Crippen LogP contribution in [-0.4, -0.2) is 53.6 Å². The van der Waals surface area contributed by atoms with Gasteiger partial charge in [0.2, 0.25) is 10.0 Å². The monoisotopic (exact) mass is 386 g/mol. The minimum absolute atomic E-state index is 0. The van der Waals surface area contributed by atoms with Crippen molar-refractivity contribution in [3.8, 4) is 0 Å². The molecule has 1 unspecified atom stereocenters. The Morgan fingerprint density at radius 2 is 1.96 bits per heavy atom. The molecule has 10 heteroatoms. The summed E-state index contributed by atoms with van der Waals surface area (Å²) in [6.45, 7) is 0.896. The summed E-state index contributed by atoms with van der Waals surface area (Å²) in [5, 5.41) is 2.94. The second-order valence-electron chi connectivity index (χ2n) is 5.33. The molecule has 1 heterocycles. The van der Waals surface area contributed by atoms with Crippen LogP contribution >= 0.6 is 12.4 Å². The molecule has 1 fully saturated rings. The van der Waals surface area contributed by atoms with Crippen LogP contribution in [0.1, 0.15) is 12.8 Å². The lowest BCUT2D eigenvalue weighted by molar-refractivity contribution is 0.378. The summed E-state index contributed by atoms with van der Waals surface area (Å²) in [6.07, 6.45) is 2.36. The molecule has 0 radical (unpaired) electrons. The minimum Gasteiger partial charge on any atom is -0.318 e. The molecule has 2 rings (SSSR count). The van der Waals surface area contributed by atoms with E-state index in [1.165, 1.54) is 4.31 Å². The van der Waals surface area contributed by atoms with Gasteiger partial charge >= 0.3 is 0 Å². The van der Waals surface area contributed by atoms with Crippen molar-refractivity contribution in [2.45, 2.75) is 28.7 Å². The number of nitrogens with zero attached hydrogens (tertiary/aromatic N) is 1. The van der Waals surface area contributed by atoms with E-state index in [1.807, 2.05) is 0 Å². The summed E-state index contributed by atoms with van der Waals surface area (Å²) in [6, 6.07) is 2.75. The van der Waals surface area contributed by atoms with E-state index in [2.05, 4.69) is 5.32 Å². The zero-order valence-electron chi connectivity index (χ0n) is 12.8. The van der Waals surface area contributed by atoms with E-state index in [0.29, 0.717) is 13.1 Å². The van der Waals surface area contributed by atoms with E-state index in [-0.39, 0.29) is 23.3 Å². The van der Waals surface area contributed by atoms with Gasteiger partial charge in [-0.2, -0.15) is 4.31 Å². The highest BCUT2D eigenvalue weighted by Gasteiger charge is 2.35. The van der Waals surface area contributed by atoms with E-state index in [9.17, 15) is 21.2 Å². The molecule has 1 aliphatic rings. The molecule has 1 aromatic rings. The number of sulfone groups is 1. The normalized spacial score (nSPS) is 19.5. The maximum absolute atomic E-state index is 13.9. The lowest BCUT2D eigenvalue weighted by Crippen LogP contribution is -2.40. The maximum atomic E-state index is 13.9. The summed E-state index contributed by atoms with van der Waals surface area (Å²) in [7, 11) is -5.82. The van der Waals surface area contributed by atoms with Gasteiger partial charge in [0.1, 0.15) is 10.7 Å². The number of nitrogens with one attached hydrogen (secondary N) is 1. The Labute approximate surface area is 142 Å². The Bertz CT molecular complexity index is 768. The third-order valence-corrected chi connectivity index (χ3v) is 6.75. The molecule has 1 aliphatic heterocycles. The summed E-state index contributed by atoms with van der Waals surface area (Å²) >= 11 is 0. The summed E-state index contributed by atoms with van der Waals surface area (Å²) in [5.74, 6) is -1.05. The van der Waals surface area contributed by atoms with E-state index < -0.39 is 30.6 Å². The minimum atomic E-state index is -3.84. The van der Waals surface area contributed by atoms with Crippen LogP contribution < -0.4 is 5.32 Å². The van der Waals surface area contributed by atoms with Crippen LogP contribution in [0, 0.1) is 5.82 Å². The lowest BCUT2D eigenvalue weighted by atomic mass is 10.2.